The molecule has 1 aliphatic heterocycles. The summed E-state index contributed by atoms with van der Waals surface area (Å²) in [6, 6.07) is 4.95. The van der Waals surface area contributed by atoms with Crippen molar-refractivity contribution in [1.29, 1.82) is 0 Å². The van der Waals surface area contributed by atoms with Gasteiger partial charge in [-0.05, 0) is 12.1 Å². The Morgan fingerprint density at radius 3 is 2.80 bits per heavy atom. The summed E-state index contributed by atoms with van der Waals surface area (Å²) >= 11 is 1.69. The van der Waals surface area contributed by atoms with Crippen molar-refractivity contribution in [3.05, 3.63) is 18.2 Å². The number of amides is 2. The highest BCUT2D eigenvalue weighted by atomic mass is 32.2. The molecule has 3 N–H and O–H groups in total. The fourth-order valence-corrected chi connectivity index (χ4v) is 2.80. The molecule has 1 heterocycles. The van der Waals surface area contributed by atoms with Crippen molar-refractivity contribution in [3.63, 3.8) is 0 Å². The third-order valence-corrected chi connectivity index (χ3v) is 3.75. The summed E-state index contributed by atoms with van der Waals surface area (Å²) in [5, 5.41) is 8.60. The van der Waals surface area contributed by atoms with Gasteiger partial charge in [0.25, 0.3) is 0 Å². The number of nitrogens with one attached hydrogen (secondary N) is 3. The summed E-state index contributed by atoms with van der Waals surface area (Å²) in [5.74, 6) is 1.83. The lowest BCUT2D eigenvalue weighted by atomic mass is 10.2. The number of hydrogen-bond donors (Lipinski definition) is 3. The molecule has 1 saturated heterocycles. The predicted octanol–water partition coefficient (Wildman–Crippen LogP) is 1.25. The van der Waals surface area contributed by atoms with Crippen LogP contribution in [0.4, 0.5) is 11.4 Å². The molecule has 0 saturated carbocycles. The second-order valence-corrected chi connectivity index (χ2v) is 5.39. The SMILES string of the molecule is COc1cc(NC(=O)C2CSCN2)ccc1NC(C)=O. The maximum absolute atomic E-state index is 12.0. The number of ether oxygens (including phenoxy) is 1. The standard InChI is InChI=1S/C13H17N3O3S/c1-8(17)15-10-4-3-9(5-12(10)19-2)16-13(18)11-6-20-7-14-11/h3-5,11,14H,6-7H2,1-2H3,(H,15,17)(H,16,18). The van der Waals surface area contributed by atoms with Gasteiger partial charge >= 0.3 is 0 Å². The quantitative estimate of drug-likeness (QED) is 0.779. The third-order valence-electron chi connectivity index (χ3n) is 2.81. The summed E-state index contributed by atoms with van der Waals surface area (Å²) in [6.07, 6.45) is 0. The highest BCUT2D eigenvalue weighted by molar-refractivity contribution is 7.99. The van der Waals surface area contributed by atoms with Crippen molar-refractivity contribution >= 4 is 35.0 Å². The van der Waals surface area contributed by atoms with Crippen LogP contribution < -0.4 is 20.7 Å². The molecule has 1 aromatic rings. The van der Waals surface area contributed by atoms with Crippen LogP contribution in [-0.4, -0.2) is 36.6 Å². The van der Waals surface area contributed by atoms with Crippen molar-refractivity contribution in [2.75, 3.05) is 29.4 Å². The largest absolute Gasteiger partial charge is 0.494 e. The van der Waals surface area contributed by atoms with Gasteiger partial charge in [0.05, 0.1) is 18.8 Å². The first-order valence-electron chi connectivity index (χ1n) is 6.18. The molecule has 1 atom stereocenters. The van der Waals surface area contributed by atoms with Crippen molar-refractivity contribution in [2.24, 2.45) is 0 Å². The Balaban J connectivity index is 2.08. The average Bonchev–Trinajstić information content (AvgIpc) is 2.94. The molecular formula is C13H17N3O3S. The molecule has 0 spiro atoms. The fourth-order valence-electron chi connectivity index (χ4n) is 1.85. The maximum Gasteiger partial charge on any atom is 0.242 e. The van der Waals surface area contributed by atoms with Crippen molar-refractivity contribution in [1.82, 2.24) is 5.32 Å². The number of methoxy groups -OCH3 is 1. The lowest BCUT2D eigenvalue weighted by Gasteiger charge is -2.13. The topological polar surface area (TPSA) is 79.5 Å². The molecule has 1 fully saturated rings. The number of benzene rings is 1. The first-order chi connectivity index (χ1) is 9.60. The minimum absolute atomic E-state index is 0.0654. The van der Waals surface area contributed by atoms with E-state index in [4.69, 9.17) is 4.74 Å². The molecule has 7 heteroatoms. The molecule has 0 aromatic heterocycles. The minimum Gasteiger partial charge on any atom is -0.494 e. The first kappa shape index (κ1) is 14.7. The van der Waals surface area contributed by atoms with Gasteiger partial charge in [-0.25, -0.2) is 0 Å². The molecule has 2 amide bonds. The van der Waals surface area contributed by atoms with Crippen LogP contribution in [0.1, 0.15) is 6.92 Å². The highest BCUT2D eigenvalue weighted by Gasteiger charge is 2.22. The fraction of sp³-hybridized carbons (Fsp3) is 0.385. The second kappa shape index (κ2) is 6.62. The number of rotatable bonds is 4. The van der Waals surface area contributed by atoms with Gasteiger partial charge in [0, 0.05) is 30.3 Å². The zero-order valence-corrected chi connectivity index (χ0v) is 12.2. The van der Waals surface area contributed by atoms with E-state index in [0.717, 1.165) is 11.6 Å². The van der Waals surface area contributed by atoms with E-state index < -0.39 is 0 Å². The van der Waals surface area contributed by atoms with E-state index in [-0.39, 0.29) is 17.9 Å². The molecule has 0 aliphatic carbocycles. The molecule has 1 unspecified atom stereocenters. The van der Waals surface area contributed by atoms with Crippen molar-refractivity contribution in [2.45, 2.75) is 13.0 Å². The summed E-state index contributed by atoms with van der Waals surface area (Å²) in [6.45, 7) is 1.43. The normalized spacial score (nSPS) is 17.6. The number of anilines is 2. The van der Waals surface area contributed by atoms with Crippen LogP contribution in [-0.2, 0) is 9.59 Å². The summed E-state index contributed by atoms with van der Waals surface area (Å²) in [7, 11) is 1.52. The molecule has 1 aromatic carbocycles. The zero-order chi connectivity index (χ0) is 14.5. The van der Waals surface area contributed by atoms with E-state index in [9.17, 15) is 9.59 Å². The second-order valence-electron chi connectivity index (χ2n) is 4.36. The number of carbonyl (C=O) groups excluding carboxylic acids is 2. The van der Waals surface area contributed by atoms with Crippen LogP contribution in [0.2, 0.25) is 0 Å². The Kier molecular flexibility index (Phi) is 4.86. The van der Waals surface area contributed by atoms with Crippen LogP contribution in [0.25, 0.3) is 0 Å². The lowest BCUT2D eigenvalue weighted by molar-refractivity contribution is -0.117. The number of thioether (sulfide) groups is 1. The smallest absolute Gasteiger partial charge is 0.242 e. The zero-order valence-electron chi connectivity index (χ0n) is 11.4. The molecule has 108 valence electrons. The van der Waals surface area contributed by atoms with Gasteiger partial charge in [-0.3, -0.25) is 14.9 Å². The molecule has 2 rings (SSSR count). The van der Waals surface area contributed by atoms with Crippen LogP contribution >= 0.6 is 11.8 Å². The number of carbonyl (C=O) groups is 2. The van der Waals surface area contributed by atoms with Gasteiger partial charge in [-0.1, -0.05) is 0 Å². The Labute approximate surface area is 121 Å². The Morgan fingerprint density at radius 2 is 2.20 bits per heavy atom. The molecule has 0 bridgehead atoms. The van der Waals surface area contributed by atoms with Gasteiger partial charge < -0.3 is 15.4 Å². The van der Waals surface area contributed by atoms with Crippen molar-refractivity contribution < 1.29 is 14.3 Å². The van der Waals surface area contributed by atoms with Gasteiger partial charge in [-0.15, -0.1) is 11.8 Å². The highest BCUT2D eigenvalue weighted by Crippen LogP contribution is 2.28. The van der Waals surface area contributed by atoms with Gasteiger partial charge in [0.2, 0.25) is 11.8 Å². The molecule has 1 aliphatic rings. The van der Waals surface area contributed by atoms with Gasteiger partial charge in [0.15, 0.2) is 0 Å². The van der Waals surface area contributed by atoms with Crippen LogP contribution in [0, 0.1) is 0 Å². The predicted molar refractivity (Wildman–Crippen MR) is 80.2 cm³/mol. The van der Waals surface area contributed by atoms with Crippen molar-refractivity contribution in [3.8, 4) is 5.75 Å². The van der Waals surface area contributed by atoms with E-state index in [0.29, 0.717) is 17.1 Å². The average molecular weight is 295 g/mol. The molecule has 0 radical (unpaired) electrons. The monoisotopic (exact) mass is 295 g/mol. The molecule has 6 nitrogen and oxygen atoms in total. The summed E-state index contributed by atoms with van der Waals surface area (Å²) in [5.41, 5.74) is 1.21. The van der Waals surface area contributed by atoms with E-state index >= 15 is 0 Å². The van der Waals surface area contributed by atoms with E-state index in [1.807, 2.05) is 0 Å². The lowest BCUT2D eigenvalue weighted by Crippen LogP contribution is -2.37. The van der Waals surface area contributed by atoms with Crippen LogP contribution in [0.15, 0.2) is 18.2 Å². The number of hydrogen-bond acceptors (Lipinski definition) is 5. The summed E-state index contributed by atoms with van der Waals surface area (Å²) in [4.78, 5) is 23.1. The molecule has 20 heavy (non-hydrogen) atoms. The summed E-state index contributed by atoms with van der Waals surface area (Å²) < 4.78 is 5.21. The Morgan fingerprint density at radius 1 is 1.40 bits per heavy atom. The van der Waals surface area contributed by atoms with Gasteiger partial charge in [0.1, 0.15) is 5.75 Å². The van der Waals surface area contributed by atoms with E-state index in [1.165, 1.54) is 14.0 Å². The van der Waals surface area contributed by atoms with E-state index in [2.05, 4.69) is 16.0 Å². The Bertz CT molecular complexity index is 516. The van der Waals surface area contributed by atoms with Crippen LogP contribution in [0.3, 0.4) is 0 Å². The maximum atomic E-state index is 12.0. The molecular weight excluding hydrogens is 278 g/mol. The Hall–Kier alpha value is -1.73. The van der Waals surface area contributed by atoms with E-state index in [1.54, 1.807) is 30.0 Å². The third kappa shape index (κ3) is 3.64. The first-order valence-corrected chi connectivity index (χ1v) is 7.33. The minimum atomic E-state index is -0.174. The van der Waals surface area contributed by atoms with Crippen LogP contribution in [0.5, 0.6) is 5.75 Å². The van der Waals surface area contributed by atoms with Gasteiger partial charge in [-0.2, -0.15) is 0 Å².